The van der Waals surface area contributed by atoms with Crippen molar-refractivity contribution in [3.63, 3.8) is 0 Å². The van der Waals surface area contributed by atoms with E-state index < -0.39 is 11.7 Å². The summed E-state index contributed by atoms with van der Waals surface area (Å²) in [6.07, 6.45) is -2.95. The Morgan fingerprint density at radius 1 is 1.04 bits per heavy atom. The van der Waals surface area contributed by atoms with E-state index in [9.17, 15) is 13.2 Å². The van der Waals surface area contributed by atoms with E-state index in [1.54, 1.807) is 10.7 Å². The lowest BCUT2D eigenvalue weighted by Crippen LogP contribution is -2.04. The van der Waals surface area contributed by atoms with Crippen LogP contribution in [0.5, 0.6) is 0 Å². The molecule has 2 heterocycles. The Hall–Kier alpha value is -2.94. The highest BCUT2D eigenvalue weighted by Crippen LogP contribution is 2.32. The first kappa shape index (κ1) is 18.4. The Kier molecular flexibility index (Phi) is 4.76. The molecule has 9 heteroatoms. The van der Waals surface area contributed by atoms with E-state index in [0.717, 1.165) is 23.4 Å². The normalized spacial score (nSPS) is 11.9. The zero-order chi connectivity index (χ0) is 19.7. The minimum atomic E-state index is -4.36. The third kappa shape index (κ3) is 3.70. The number of nitrogens with zero attached hydrogens (tertiary/aromatic N) is 5. The van der Waals surface area contributed by atoms with Crippen LogP contribution in [0.4, 0.5) is 13.2 Å². The SMILES string of the molecule is Cc1ccc(-n2nnc3c(SCc4cccc(C(F)(F)F)c4)ncnc32)cc1. The monoisotopic (exact) mass is 401 g/mol. The van der Waals surface area contributed by atoms with Gasteiger partial charge < -0.3 is 0 Å². The molecule has 0 amide bonds. The summed E-state index contributed by atoms with van der Waals surface area (Å²) in [6, 6.07) is 13.0. The van der Waals surface area contributed by atoms with Gasteiger partial charge in [-0.15, -0.1) is 5.10 Å². The maximum atomic E-state index is 12.9. The molecule has 0 aliphatic heterocycles. The van der Waals surface area contributed by atoms with Gasteiger partial charge in [0.15, 0.2) is 11.2 Å². The molecule has 0 aliphatic carbocycles. The van der Waals surface area contributed by atoms with Crippen LogP contribution < -0.4 is 0 Å². The molecular formula is C19H14F3N5S. The molecule has 2 aromatic carbocycles. The van der Waals surface area contributed by atoms with Crippen molar-refractivity contribution in [2.45, 2.75) is 23.9 Å². The third-order valence-corrected chi connectivity index (χ3v) is 5.16. The second-order valence-corrected chi connectivity index (χ2v) is 7.14. The van der Waals surface area contributed by atoms with Crippen LogP contribution >= 0.6 is 11.8 Å². The number of thioether (sulfide) groups is 1. The number of hydrogen-bond acceptors (Lipinski definition) is 5. The first-order valence-electron chi connectivity index (χ1n) is 8.34. The minimum Gasteiger partial charge on any atom is -0.227 e. The van der Waals surface area contributed by atoms with Crippen LogP contribution in [0.2, 0.25) is 0 Å². The fraction of sp³-hybridized carbons (Fsp3) is 0.158. The topological polar surface area (TPSA) is 56.5 Å². The molecule has 0 radical (unpaired) electrons. The number of fused-ring (bicyclic) bond motifs is 1. The van der Waals surface area contributed by atoms with Gasteiger partial charge in [0.2, 0.25) is 0 Å². The Labute approximate surface area is 162 Å². The lowest BCUT2D eigenvalue weighted by atomic mass is 10.1. The molecule has 0 saturated carbocycles. The lowest BCUT2D eigenvalue weighted by Gasteiger charge is -2.08. The molecule has 0 aliphatic rings. The Morgan fingerprint density at radius 2 is 1.82 bits per heavy atom. The molecule has 0 saturated heterocycles. The number of rotatable bonds is 4. The summed E-state index contributed by atoms with van der Waals surface area (Å²) in [5.74, 6) is 0.327. The molecule has 4 aromatic rings. The molecule has 0 spiro atoms. The van der Waals surface area contributed by atoms with Crippen molar-refractivity contribution in [2.75, 3.05) is 0 Å². The van der Waals surface area contributed by atoms with Crippen LogP contribution in [0.1, 0.15) is 16.7 Å². The quantitative estimate of drug-likeness (QED) is 0.362. The Morgan fingerprint density at radius 3 is 2.57 bits per heavy atom. The number of alkyl halides is 3. The summed E-state index contributed by atoms with van der Waals surface area (Å²) in [4.78, 5) is 8.49. The summed E-state index contributed by atoms with van der Waals surface area (Å²) in [5.41, 5.74) is 2.90. The van der Waals surface area contributed by atoms with E-state index in [-0.39, 0.29) is 0 Å². The number of benzene rings is 2. The summed E-state index contributed by atoms with van der Waals surface area (Å²) in [5, 5.41) is 8.90. The molecule has 5 nitrogen and oxygen atoms in total. The van der Waals surface area contributed by atoms with Crippen molar-refractivity contribution >= 4 is 22.9 Å². The van der Waals surface area contributed by atoms with Gasteiger partial charge in [0, 0.05) is 5.75 Å². The minimum absolute atomic E-state index is 0.327. The molecule has 0 bridgehead atoms. The summed E-state index contributed by atoms with van der Waals surface area (Å²) in [7, 11) is 0. The zero-order valence-corrected chi connectivity index (χ0v) is 15.5. The van der Waals surface area contributed by atoms with Crippen molar-refractivity contribution in [3.05, 3.63) is 71.5 Å². The number of halogens is 3. The second-order valence-electron chi connectivity index (χ2n) is 6.17. The zero-order valence-electron chi connectivity index (χ0n) is 14.7. The van der Waals surface area contributed by atoms with Crippen LogP contribution in [-0.2, 0) is 11.9 Å². The number of hydrogen-bond donors (Lipinski definition) is 0. The molecule has 0 unspecified atom stereocenters. The van der Waals surface area contributed by atoms with Gasteiger partial charge in [-0.25, -0.2) is 9.97 Å². The molecule has 0 atom stereocenters. The molecule has 2 aromatic heterocycles. The predicted octanol–water partition coefficient (Wildman–Crippen LogP) is 4.83. The van der Waals surface area contributed by atoms with Crippen LogP contribution in [0, 0.1) is 6.92 Å². The number of aryl methyl sites for hydroxylation is 1. The van der Waals surface area contributed by atoms with Gasteiger partial charge in [-0.1, -0.05) is 52.9 Å². The standard InChI is InChI=1S/C19H14F3N5S/c1-12-5-7-15(8-6-12)27-17-16(25-26-27)18(24-11-23-17)28-10-13-3-2-4-14(9-13)19(20,21)22/h2-9,11H,10H2,1H3. The average Bonchev–Trinajstić information content (AvgIpc) is 3.11. The highest BCUT2D eigenvalue weighted by molar-refractivity contribution is 7.98. The summed E-state index contributed by atoms with van der Waals surface area (Å²) >= 11 is 1.30. The van der Waals surface area contributed by atoms with E-state index in [1.165, 1.54) is 24.2 Å². The largest absolute Gasteiger partial charge is 0.416 e. The van der Waals surface area contributed by atoms with E-state index in [0.29, 0.717) is 27.5 Å². The van der Waals surface area contributed by atoms with Gasteiger partial charge in [0.05, 0.1) is 11.3 Å². The van der Waals surface area contributed by atoms with Crippen LogP contribution in [-0.4, -0.2) is 25.0 Å². The van der Waals surface area contributed by atoms with Crippen LogP contribution in [0.15, 0.2) is 59.9 Å². The fourth-order valence-electron chi connectivity index (χ4n) is 2.68. The maximum absolute atomic E-state index is 12.9. The molecule has 4 rings (SSSR count). The van der Waals surface area contributed by atoms with Gasteiger partial charge in [-0.3, -0.25) is 0 Å². The maximum Gasteiger partial charge on any atom is 0.416 e. The number of aromatic nitrogens is 5. The van der Waals surface area contributed by atoms with Crippen molar-refractivity contribution < 1.29 is 13.2 Å². The molecule has 0 N–H and O–H groups in total. The highest BCUT2D eigenvalue weighted by atomic mass is 32.2. The Bertz CT molecular complexity index is 1120. The third-order valence-electron chi connectivity index (χ3n) is 4.11. The average molecular weight is 401 g/mol. The van der Waals surface area contributed by atoms with Crippen molar-refractivity contribution in [2.24, 2.45) is 0 Å². The molecule has 0 fully saturated rings. The summed E-state index contributed by atoms with van der Waals surface area (Å²) in [6.45, 7) is 1.99. The van der Waals surface area contributed by atoms with E-state index >= 15 is 0 Å². The second kappa shape index (κ2) is 7.23. The highest BCUT2D eigenvalue weighted by Gasteiger charge is 2.30. The van der Waals surface area contributed by atoms with E-state index in [1.807, 2.05) is 31.2 Å². The van der Waals surface area contributed by atoms with E-state index in [2.05, 4.69) is 20.3 Å². The van der Waals surface area contributed by atoms with Gasteiger partial charge >= 0.3 is 6.18 Å². The van der Waals surface area contributed by atoms with Gasteiger partial charge in [-0.2, -0.15) is 17.9 Å². The predicted molar refractivity (Wildman–Crippen MR) is 100 cm³/mol. The molecule has 142 valence electrons. The van der Waals surface area contributed by atoms with Gasteiger partial charge in [0.1, 0.15) is 11.4 Å². The smallest absolute Gasteiger partial charge is 0.227 e. The van der Waals surface area contributed by atoms with Crippen LogP contribution in [0.3, 0.4) is 0 Å². The molecule has 28 heavy (non-hydrogen) atoms. The first-order valence-corrected chi connectivity index (χ1v) is 9.33. The Balaban J connectivity index is 1.61. The van der Waals surface area contributed by atoms with Crippen molar-refractivity contribution in [1.29, 1.82) is 0 Å². The fourth-order valence-corrected chi connectivity index (χ4v) is 3.56. The van der Waals surface area contributed by atoms with Gasteiger partial charge in [-0.05, 0) is 30.7 Å². The lowest BCUT2D eigenvalue weighted by molar-refractivity contribution is -0.137. The first-order chi connectivity index (χ1) is 13.4. The van der Waals surface area contributed by atoms with Crippen molar-refractivity contribution in [3.8, 4) is 5.69 Å². The van der Waals surface area contributed by atoms with E-state index in [4.69, 9.17) is 0 Å². The van der Waals surface area contributed by atoms with Crippen molar-refractivity contribution in [1.82, 2.24) is 25.0 Å². The summed E-state index contributed by atoms with van der Waals surface area (Å²) < 4.78 is 40.3. The van der Waals surface area contributed by atoms with Gasteiger partial charge in [0.25, 0.3) is 0 Å². The van der Waals surface area contributed by atoms with Crippen LogP contribution in [0.25, 0.3) is 16.9 Å². The molecular weight excluding hydrogens is 387 g/mol.